The van der Waals surface area contributed by atoms with Gasteiger partial charge in [0.2, 0.25) is 0 Å². The Bertz CT molecular complexity index is 611. The van der Waals surface area contributed by atoms with Crippen LogP contribution >= 0.6 is 0 Å². The Balaban J connectivity index is 2.11. The number of ether oxygens (including phenoxy) is 1. The molecule has 3 heteroatoms. The highest BCUT2D eigenvalue weighted by molar-refractivity contribution is 5.46. The Hall–Kier alpha value is -2.31. The molecule has 2 rings (SSSR count). The van der Waals surface area contributed by atoms with E-state index in [4.69, 9.17) is 9.84 Å². The molecule has 0 aromatic heterocycles. The van der Waals surface area contributed by atoms with E-state index in [-0.39, 0.29) is 19.0 Å². The highest BCUT2D eigenvalue weighted by atomic mass is 19.1. The molecule has 0 aliphatic carbocycles. The summed E-state index contributed by atoms with van der Waals surface area (Å²) in [5.74, 6) is 5.72. The molecule has 0 aliphatic rings. The van der Waals surface area contributed by atoms with Crippen LogP contribution in [-0.2, 0) is 6.61 Å². The molecule has 0 unspecified atom stereocenters. The summed E-state index contributed by atoms with van der Waals surface area (Å²) in [6.45, 7) is 0.0772. The number of halogens is 1. The van der Waals surface area contributed by atoms with Gasteiger partial charge in [0.25, 0.3) is 0 Å². The first-order chi connectivity index (χ1) is 9.29. The Morgan fingerprint density at radius 3 is 2.74 bits per heavy atom. The van der Waals surface area contributed by atoms with E-state index in [0.717, 1.165) is 5.56 Å². The topological polar surface area (TPSA) is 29.5 Å². The second-order valence-corrected chi connectivity index (χ2v) is 3.87. The van der Waals surface area contributed by atoms with Crippen LogP contribution in [0.4, 0.5) is 4.39 Å². The molecular weight excluding hydrogens is 243 g/mol. The average Bonchev–Trinajstić information content (AvgIpc) is 2.44. The van der Waals surface area contributed by atoms with Gasteiger partial charge in [-0.15, -0.1) is 0 Å². The third-order valence-corrected chi connectivity index (χ3v) is 2.47. The van der Waals surface area contributed by atoms with Crippen molar-refractivity contribution in [2.45, 2.75) is 6.61 Å². The van der Waals surface area contributed by atoms with Gasteiger partial charge in [0.1, 0.15) is 24.8 Å². The summed E-state index contributed by atoms with van der Waals surface area (Å²) in [6, 6.07) is 13.6. The molecule has 0 atom stereocenters. The van der Waals surface area contributed by atoms with Crippen molar-refractivity contribution in [3.63, 3.8) is 0 Å². The largest absolute Gasteiger partial charge is 0.488 e. The quantitative estimate of drug-likeness (QED) is 0.856. The molecule has 0 spiro atoms. The molecule has 0 fully saturated rings. The smallest absolute Gasteiger partial charge is 0.135 e. The predicted molar refractivity (Wildman–Crippen MR) is 71.1 cm³/mol. The molecule has 0 saturated heterocycles. The van der Waals surface area contributed by atoms with E-state index in [0.29, 0.717) is 11.3 Å². The number of para-hydroxylation sites is 1. The SMILES string of the molecule is OCC#Cc1ccccc1OCc1cccc(F)c1. The molecule has 0 aliphatic heterocycles. The van der Waals surface area contributed by atoms with Crippen molar-refractivity contribution < 1.29 is 14.2 Å². The van der Waals surface area contributed by atoms with E-state index >= 15 is 0 Å². The lowest BCUT2D eigenvalue weighted by Gasteiger charge is -2.08. The zero-order valence-corrected chi connectivity index (χ0v) is 10.3. The highest BCUT2D eigenvalue weighted by Crippen LogP contribution is 2.18. The van der Waals surface area contributed by atoms with Crippen LogP contribution in [0.25, 0.3) is 0 Å². The lowest BCUT2D eigenvalue weighted by molar-refractivity contribution is 0.304. The maximum atomic E-state index is 13.0. The van der Waals surface area contributed by atoms with Gasteiger partial charge in [0.15, 0.2) is 0 Å². The standard InChI is InChI=1S/C16H13FO2/c17-15-8-3-5-13(11-15)12-19-16-9-2-1-6-14(16)7-4-10-18/h1-3,5-6,8-9,11,18H,10,12H2. The van der Waals surface area contributed by atoms with E-state index in [9.17, 15) is 4.39 Å². The highest BCUT2D eigenvalue weighted by Gasteiger charge is 2.01. The molecule has 0 saturated carbocycles. The summed E-state index contributed by atoms with van der Waals surface area (Å²) in [5.41, 5.74) is 1.46. The van der Waals surface area contributed by atoms with Crippen molar-refractivity contribution in [2.75, 3.05) is 6.61 Å². The van der Waals surface area contributed by atoms with Crippen LogP contribution < -0.4 is 4.74 Å². The minimum Gasteiger partial charge on any atom is -0.488 e. The molecule has 0 radical (unpaired) electrons. The van der Waals surface area contributed by atoms with Gasteiger partial charge in [0, 0.05) is 0 Å². The summed E-state index contributed by atoms with van der Waals surface area (Å²) < 4.78 is 18.7. The number of rotatable bonds is 3. The molecule has 96 valence electrons. The molecular formula is C16H13FO2. The summed E-state index contributed by atoms with van der Waals surface area (Å²) >= 11 is 0. The Morgan fingerprint density at radius 1 is 1.11 bits per heavy atom. The molecule has 2 nitrogen and oxygen atoms in total. The summed E-state index contributed by atoms with van der Waals surface area (Å²) in [7, 11) is 0. The van der Waals surface area contributed by atoms with E-state index in [1.165, 1.54) is 12.1 Å². The zero-order valence-electron chi connectivity index (χ0n) is 10.3. The first-order valence-corrected chi connectivity index (χ1v) is 5.85. The van der Waals surface area contributed by atoms with Crippen LogP contribution in [0.5, 0.6) is 5.75 Å². The van der Waals surface area contributed by atoms with E-state index in [1.807, 2.05) is 18.2 Å². The molecule has 1 N–H and O–H groups in total. The van der Waals surface area contributed by atoms with E-state index < -0.39 is 0 Å². The van der Waals surface area contributed by atoms with Crippen molar-refractivity contribution >= 4 is 0 Å². The molecule has 0 bridgehead atoms. The van der Waals surface area contributed by atoms with Crippen LogP contribution in [0.3, 0.4) is 0 Å². The van der Waals surface area contributed by atoms with Crippen LogP contribution in [0, 0.1) is 17.7 Å². The number of aliphatic hydroxyl groups is 1. The zero-order chi connectivity index (χ0) is 13.5. The van der Waals surface area contributed by atoms with E-state index in [2.05, 4.69) is 11.8 Å². The molecule has 19 heavy (non-hydrogen) atoms. The summed E-state index contributed by atoms with van der Waals surface area (Å²) in [5, 5.41) is 8.70. The first-order valence-electron chi connectivity index (χ1n) is 5.85. The maximum absolute atomic E-state index is 13.0. The fourth-order valence-corrected chi connectivity index (χ4v) is 1.62. The third kappa shape index (κ3) is 3.84. The summed E-state index contributed by atoms with van der Waals surface area (Å²) in [4.78, 5) is 0. The fourth-order valence-electron chi connectivity index (χ4n) is 1.62. The predicted octanol–water partition coefficient (Wildman–Crippen LogP) is 2.75. The Kier molecular flexibility index (Phi) is 4.54. The Morgan fingerprint density at radius 2 is 1.95 bits per heavy atom. The fraction of sp³-hybridized carbons (Fsp3) is 0.125. The van der Waals surface area contributed by atoms with Crippen molar-refractivity contribution in [1.29, 1.82) is 0 Å². The van der Waals surface area contributed by atoms with Crippen LogP contribution in [0.2, 0.25) is 0 Å². The van der Waals surface area contributed by atoms with Crippen LogP contribution in [0.1, 0.15) is 11.1 Å². The Labute approximate surface area is 111 Å². The number of benzene rings is 2. The van der Waals surface area contributed by atoms with Gasteiger partial charge in [-0.1, -0.05) is 36.1 Å². The molecule has 2 aromatic rings. The summed E-state index contributed by atoms with van der Waals surface area (Å²) in [6.07, 6.45) is 0. The normalized spacial score (nSPS) is 9.58. The minimum absolute atomic E-state index is 0.196. The van der Waals surface area contributed by atoms with Crippen LogP contribution in [0.15, 0.2) is 48.5 Å². The van der Waals surface area contributed by atoms with Gasteiger partial charge in [-0.2, -0.15) is 0 Å². The molecule has 0 amide bonds. The monoisotopic (exact) mass is 256 g/mol. The number of aliphatic hydroxyl groups excluding tert-OH is 1. The van der Waals surface area contributed by atoms with Crippen molar-refractivity contribution in [3.05, 3.63) is 65.5 Å². The van der Waals surface area contributed by atoms with Crippen LogP contribution in [-0.4, -0.2) is 11.7 Å². The molecule has 2 aromatic carbocycles. The average molecular weight is 256 g/mol. The van der Waals surface area contributed by atoms with Gasteiger partial charge < -0.3 is 9.84 Å². The minimum atomic E-state index is -0.283. The van der Waals surface area contributed by atoms with Crippen molar-refractivity contribution in [3.8, 4) is 17.6 Å². The number of hydrogen-bond acceptors (Lipinski definition) is 2. The third-order valence-electron chi connectivity index (χ3n) is 2.47. The second kappa shape index (κ2) is 6.58. The van der Waals surface area contributed by atoms with Gasteiger partial charge >= 0.3 is 0 Å². The number of hydrogen-bond donors (Lipinski definition) is 1. The maximum Gasteiger partial charge on any atom is 0.135 e. The lowest BCUT2D eigenvalue weighted by Crippen LogP contribution is -1.97. The van der Waals surface area contributed by atoms with Gasteiger partial charge in [-0.3, -0.25) is 0 Å². The lowest BCUT2D eigenvalue weighted by atomic mass is 10.2. The van der Waals surface area contributed by atoms with Gasteiger partial charge in [-0.05, 0) is 29.8 Å². The van der Waals surface area contributed by atoms with E-state index in [1.54, 1.807) is 18.2 Å². The first kappa shape index (κ1) is 13.1. The van der Waals surface area contributed by atoms with Gasteiger partial charge in [-0.25, -0.2) is 4.39 Å². The second-order valence-electron chi connectivity index (χ2n) is 3.87. The van der Waals surface area contributed by atoms with Gasteiger partial charge in [0.05, 0.1) is 5.56 Å². The molecule has 0 heterocycles. The van der Waals surface area contributed by atoms with Crippen molar-refractivity contribution in [2.24, 2.45) is 0 Å². The van der Waals surface area contributed by atoms with Crippen molar-refractivity contribution in [1.82, 2.24) is 0 Å².